The number of nitrogens with two attached hydrogens (primary N) is 1. The van der Waals surface area contributed by atoms with Gasteiger partial charge in [-0.15, -0.1) is 0 Å². The predicted molar refractivity (Wildman–Crippen MR) is 78.8 cm³/mol. The van der Waals surface area contributed by atoms with Gasteiger partial charge < -0.3 is 10.8 Å². The van der Waals surface area contributed by atoms with Gasteiger partial charge in [0.1, 0.15) is 5.82 Å². The molecule has 1 aromatic carbocycles. The third kappa shape index (κ3) is 3.78. The SMILES string of the molecule is CC(N)C(c1cccc(F)c1)N1CCCC(C)(O)CC1. The van der Waals surface area contributed by atoms with Crippen molar-refractivity contribution in [2.45, 2.75) is 50.8 Å². The molecule has 0 aromatic heterocycles. The number of halogens is 1. The first-order valence-corrected chi connectivity index (χ1v) is 7.36. The molecule has 1 heterocycles. The molecule has 1 aliphatic rings. The number of hydrogen-bond donors (Lipinski definition) is 2. The molecule has 1 saturated heterocycles. The molecule has 3 N–H and O–H groups in total. The Morgan fingerprint density at radius 2 is 2.10 bits per heavy atom. The third-order valence-corrected chi connectivity index (χ3v) is 4.18. The van der Waals surface area contributed by atoms with Crippen LogP contribution in [0.4, 0.5) is 4.39 Å². The molecule has 4 heteroatoms. The molecule has 0 saturated carbocycles. The summed E-state index contributed by atoms with van der Waals surface area (Å²) in [4.78, 5) is 2.28. The van der Waals surface area contributed by atoms with Crippen molar-refractivity contribution in [2.24, 2.45) is 5.73 Å². The van der Waals surface area contributed by atoms with E-state index in [-0.39, 0.29) is 17.9 Å². The first-order chi connectivity index (χ1) is 9.39. The van der Waals surface area contributed by atoms with E-state index in [1.807, 2.05) is 19.9 Å². The van der Waals surface area contributed by atoms with E-state index in [1.165, 1.54) is 6.07 Å². The minimum Gasteiger partial charge on any atom is -0.390 e. The second-order valence-electron chi connectivity index (χ2n) is 6.25. The van der Waals surface area contributed by atoms with Gasteiger partial charge in [0.15, 0.2) is 0 Å². The average molecular weight is 280 g/mol. The second-order valence-corrected chi connectivity index (χ2v) is 6.25. The molecule has 3 nitrogen and oxygen atoms in total. The van der Waals surface area contributed by atoms with Crippen LogP contribution in [0.2, 0.25) is 0 Å². The van der Waals surface area contributed by atoms with E-state index >= 15 is 0 Å². The summed E-state index contributed by atoms with van der Waals surface area (Å²) in [5.41, 5.74) is 6.46. The Hall–Kier alpha value is -0.970. The van der Waals surface area contributed by atoms with Crippen LogP contribution in [0.1, 0.15) is 44.7 Å². The van der Waals surface area contributed by atoms with E-state index in [9.17, 15) is 9.50 Å². The topological polar surface area (TPSA) is 49.5 Å². The number of likely N-dealkylation sites (tertiary alicyclic amines) is 1. The van der Waals surface area contributed by atoms with E-state index in [0.717, 1.165) is 37.9 Å². The number of nitrogens with zero attached hydrogens (tertiary/aromatic N) is 1. The Labute approximate surface area is 120 Å². The van der Waals surface area contributed by atoms with Gasteiger partial charge in [0.05, 0.1) is 5.60 Å². The molecule has 0 aliphatic carbocycles. The van der Waals surface area contributed by atoms with Crippen LogP contribution in [0, 0.1) is 5.82 Å². The fourth-order valence-electron chi connectivity index (χ4n) is 3.10. The van der Waals surface area contributed by atoms with Gasteiger partial charge in [-0.05, 0) is 57.4 Å². The molecular weight excluding hydrogens is 255 g/mol. The van der Waals surface area contributed by atoms with Gasteiger partial charge >= 0.3 is 0 Å². The highest BCUT2D eigenvalue weighted by molar-refractivity contribution is 5.22. The number of benzene rings is 1. The summed E-state index contributed by atoms with van der Waals surface area (Å²) in [6.07, 6.45) is 2.47. The molecule has 0 spiro atoms. The van der Waals surface area contributed by atoms with E-state index in [4.69, 9.17) is 5.73 Å². The van der Waals surface area contributed by atoms with Crippen molar-refractivity contribution < 1.29 is 9.50 Å². The summed E-state index contributed by atoms with van der Waals surface area (Å²) in [6, 6.07) is 6.60. The van der Waals surface area contributed by atoms with Crippen molar-refractivity contribution in [3.05, 3.63) is 35.6 Å². The van der Waals surface area contributed by atoms with Gasteiger partial charge in [0, 0.05) is 18.6 Å². The molecule has 1 aromatic rings. The lowest BCUT2D eigenvalue weighted by Gasteiger charge is -2.34. The van der Waals surface area contributed by atoms with Crippen LogP contribution in [-0.4, -0.2) is 34.7 Å². The van der Waals surface area contributed by atoms with E-state index < -0.39 is 5.60 Å². The number of aliphatic hydroxyl groups is 1. The van der Waals surface area contributed by atoms with Crippen LogP contribution in [0.15, 0.2) is 24.3 Å². The van der Waals surface area contributed by atoms with E-state index in [1.54, 1.807) is 12.1 Å². The summed E-state index contributed by atoms with van der Waals surface area (Å²) in [6.45, 7) is 5.52. The molecule has 3 atom stereocenters. The molecule has 112 valence electrons. The maximum absolute atomic E-state index is 13.5. The molecule has 2 rings (SSSR count). The van der Waals surface area contributed by atoms with Gasteiger partial charge in [-0.1, -0.05) is 12.1 Å². The molecule has 0 amide bonds. The van der Waals surface area contributed by atoms with Crippen LogP contribution in [-0.2, 0) is 0 Å². The second kappa shape index (κ2) is 6.20. The summed E-state index contributed by atoms with van der Waals surface area (Å²) >= 11 is 0. The number of hydrogen-bond acceptors (Lipinski definition) is 3. The fourth-order valence-corrected chi connectivity index (χ4v) is 3.10. The Balaban J connectivity index is 2.21. The minimum absolute atomic E-state index is 0.000370. The zero-order chi connectivity index (χ0) is 14.8. The maximum Gasteiger partial charge on any atom is 0.123 e. The fraction of sp³-hybridized carbons (Fsp3) is 0.625. The Morgan fingerprint density at radius 1 is 1.35 bits per heavy atom. The minimum atomic E-state index is -0.598. The van der Waals surface area contributed by atoms with Gasteiger partial charge in [0.2, 0.25) is 0 Å². The average Bonchev–Trinajstić information content (AvgIpc) is 2.51. The van der Waals surface area contributed by atoms with Crippen molar-refractivity contribution >= 4 is 0 Å². The summed E-state index contributed by atoms with van der Waals surface area (Å²) in [5.74, 6) is -0.227. The van der Waals surface area contributed by atoms with Gasteiger partial charge in [-0.3, -0.25) is 4.90 Å². The van der Waals surface area contributed by atoms with Crippen molar-refractivity contribution in [1.82, 2.24) is 4.90 Å². The highest BCUT2D eigenvalue weighted by Crippen LogP contribution is 2.29. The largest absolute Gasteiger partial charge is 0.390 e. The van der Waals surface area contributed by atoms with Crippen molar-refractivity contribution in [3.63, 3.8) is 0 Å². The Bertz CT molecular complexity index is 448. The van der Waals surface area contributed by atoms with Crippen LogP contribution in [0.3, 0.4) is 0 Å². The van der Waals surface area contributed by atoms with Crippen molar-refractivity contribution in [1.29, 1.82) is 0 Å². The van der Waals surface area contributed by atoms with Crippen LogP contribution in [0.25, 0.3) is 0 Å². The third-order valence-electron chi connectivity index (χ3n) is 4.18. The molecule has 20 heavy (non-hydrogen) atoms. The van der Waals surface area contributed by atoms with E-state index in [2.05, 4.69) is 4.90 Å². The van der Waals surface area contributed by atoms with Crippen molar-refractivity contribution in [2.75, 3.05) is 13.1 Å². The monoisotopic (exact) mass is 280 g/mol. The lowest BCUT2D eigenvalue weighted by Crippen LogP contribution is -2.40. The number of rotatable bonds is 3. The molecule has 0 radical (unpaired) electrons. The zero-order valence-corrected chi connectivity index (χ0v) is 12.3. The Morgan fingerprint density at radius 3 is 2.75 bits per heavy atom. The summed E-state index contributed by atoms with van der Waals surface area (Å²) < 4.78 is 13.5. The zero-order valence-electron chi connectivity index (χ0n) is 12.3. The smallest absolute Gasteiger partial charge is 0.123 e. The maximum atomic E-state index is 13.5. The summed E-state index contributed by atoms with van der Waals surface area (Å²) in [5, 5.41) is 10.2. The lowest BCUT2D eigenvalue weighted by molar-refractivity contribution is 0.0424. The Kier molecular flexibility index (Phi) is 4.78. The first kappa shape index (κ1) is 15.4. The van der Waals surface area contributed by atoms with Crippen LogP contribution >= 0.6 is 0 Å². The van der Waals surface area contributed by atoms with E-state index in [0.29, 0.717) is 0 Å². The summed E-state index contributed by atoms with van der Waals surface area (Å²) in [7, 11) is 0. The normalized spacial score (nSPS) is 27.9. The highest BCUT2D eigenvalue weighted by atomic mass is 19.1. The van der Waals surface area contributed by atoms with Crippen LogP contribution in [0.5, 0.6) is 0 Å². The van der Waals surface area contributed by atoms with Gasteiger partial charge in [0.25, 0.3) is 0 Å². The molecule has 1 aliphatic heterocycles. The highest BCUT2D eigenvalue weighted by Gasteiger charge is 2.30. The molecule has 1 fully saturated rings. The lowest BCUT2D eigenvalue weighted by atomic mass is 9.97. The predicted octanol–water partition coefficient (Wildman–Crippen LogP) is 2.45. The standard InChI is InChI=1S/C16H25FN2O/c1-12(18)15(13-5-3-6-14(17)11-13)19-9-4-7-16(2,20)8-10-19/h3,5-6,11-12,15,20H,4,7-10,18H2,1-2H3. The van der Waals surface area contributed by atoms with Gasteiger partial charge in [-0.2, -0.15) is 0 Å². The van der Waals surface area contributed by atoms with Crippen LogP contribution < -0.4 is 5.73 Å². The quantitative estimate of drug-likeness (QED) is 0.894. The molecular formula is C16H25FN2O. The first-order valence-electron chi connectivity index (χ1n) is 7.36. The molecule has 0 bridgehead atoms. The van der Waals surface area contributed by atoms with Crippen molar-refractivity contribution in [3.8, 4) is 0 Å². The molecule has 3 unspecified atom stereocenters. The van der Waals surface area contributed by atoms with Gasteiger partial charge in [-0.25, -0.2) is 4.39 Å².